The van der Waals surface area contributed by atoms with Gasteiger partial charge < -0.3 is 0 Å². The second kappa shape index (κ2) is 60.7. The van der Waals surface area contributed by atoms with Gasteiger partial charge in [0.1, 0.15) is 0 Å². The Morgan fingerprint density at radius 1 is 0.101 bits per heavy atom. The Morgan fingerprint density at radius 3 is 0.228 bits per heavy atom. The van der Waals surface area contributed by atoms with E-state index in [1.54, 1.807) is 0 Å². The summed E-state index contributed by atoms with van der Waals surface area (Å²) < 4.78 is 0. The van der Waals surface area contributed by atoms with E-state index >= 15 is 0 Å². The lowest BCUT2D eigenvalue weighted by Gasteiger charge is -1.64. The molecule has 320 valence electrons. The van der Waals surface area contributed by atoms with Gasteiger partial charge in [0.15, 0.2) is 0 Å². The number of hydrogen-bond donors (Lipinski definition) is 0. The van der Waals surface area contributed by atoms with Crippen LogP contribution in [0.5, 0.6) is 0 Å². The topological polar surface area (TPSA) is 0 Å². The Bertz CT molecular complexity index is 5320. The largest absolute Gasteiger partial charge is 0.284 e. The Labute approximate surface area is 466 Å². The molecule has 0 rings (SSSR count). The summed E-state index contributed by atoms with van der Waals surface area (Å²) in [6.07, 6.45) is 4.95. The number of terminal acetylenes is 1. The molecule has 0 atom stereocenters. The Kier molecular flexibility index (Phi) is 47.4. The van der Waals surface area contributed by atoms with Crippen LogP contribution in [0, 0.1) is 469 Å². The van der Waals surface area contributed by atoms with Crippen molar-refractivity contribution in [2.75, 3.05) is 0 Å². The third kappa shape index (κ3) is 60.7. The lowest BCUT2D eigenvalue weighted by Crippen LogP contribution is -1.57. The molecule has 79 heavy (non-hydrogen) atoms. The smallest absolute Gasteiger partial charge is 0 e. The van der Waals surface area contributed by atoms with Crippen molar-refractivity contribution in [1.82, 2.24) is 0 Å². The zero-order chi connectivity index (χ0) is 56.4. The minimum Gasteiger partial charge on any atom is -0.284 e. The van der Waals surface area contributed by atoms with Crippen LogP contribution >= 0.6 is 0 Å². The molecule has 0 aromatic heterocycles. The molecular formula is C79H3-. The summed E-state index contributed by atoms with van der Waals surface area (Å²) in [6.45, 7) is 3.32. The van der Waals surface area contributed by atoms with Crippen molar-refractivity contribution in [2.45, 2.75) is 0 Å². The highest BCUT2D eigenvalue weighted by atomic mass is 13.7. The van der Waals surface area contributed by atoms with Gasteiger partial charge in [0, 0.05) is 343 Å². The van der Waals surface area contributed by atoms with E-state index < -0.39 is 0 Å². The van der Waals surface area contributed by atoms with Crippen LogP contribution in [0.15, 0.2) is 0 Å². The van der Waals surface area contributed by atoms with E-state index in [0.29, 0.717) is 0 Å². The molecule has 0 amide bonds. The average molecular weight is 952 g/mol. The third-order valence-corrected chi connectivity index (χ3v) is 4.79. The molecule has 0 nitrogen and oxygen atoms in total. The normalized spacial score (nSPS) is 3.94. The van der Waals surface area contributed by atoms with Crippen LogP contribution < -0.4 is 0 Å². The monoisotopic (exact) mass is 951 g/mol. The predicted molar refractivity (Wildman–Crippen MR) is 310 cm³/mol. The zero-order valence-corrected chi connectivity index (χ0v) is 39.8. The molecule has 0 N–H and O–H groups in total. The first kappa shape index (κ1) is 61.7. The van der Waals surface area contributed by atoms with Gasteiger partial charge in [0.25, 0.3) is 0 Å². The van der Waals surface area contributed by atoms with Crippen molar-refractivity contribution in [3.8, 4) is 462 Å². The molecule has 0 aliphatic carbocycles. The quantitative estimate of drug-likeness (QED) is 0.247. The highest BCUT2D eigenvalue weighted by molar-refractivity contribution is 5.54. The van der Waals surface area contributed by atoms with E-state index in [0.717, 1.165) is 0 Å². The van der Waals surface area contributed by atoms with Crippen LogP contribution in [-0.2, 0) is 0 Å². The van der Waals surface area contributed by atoms with E-state index in [1.807, 2.05) is 0 Å². The molecule has 0 aromatic carbocycles. The Hall–Kier alpha value is -17.3. The van der Waals surface area contributed by atoms with Crippen molar-refractivity contribution >= 4 is 0 Å². The number of hydrogen-bond acceptors (Lipinski definition) is 0. The molecule has 0 saturated heterocycles. The Balaban J connectivity index is 4.62. The molecule has 0 unspecified atom stereocenters. The first-order valence-corrected chi connectivity index (χ1v) is 19.6. The molecule has 0 heteroatoms. The fraction of sp³-hybridized carbons (Fsp3) is 0. The summed E-state index contributed by atoms with van der Waals surface area (Å²) in [5, 5.41) is 0. The van der Waals surface area contributed by atoms with Gasteiger partial charge in [-0.05, 0) is 94.7 Å². The molecule has 0 radical (unpaired) electrons. The summed E-state index contributed by atoms with van der Waals surface area (Å²) >= 11 is 0. The second-order valence-electron chi connectivity index (χ2n) is 9.70. The van der Waals surface area contributed by atoms with Crippen LogP contribution in [0.2, 0.25) is 0 Å². The van der Waals surface area contributed by atoms with E-state index in [9.17, 15) is 0 Å². The van der Waals surface area contributed by atoms with Crippen molar-refractivity contribution in [3.05, 3.63) is 6.92 Å². The van der Waals surface area contributed by atoms with Gasteiger partial charge in [-0.2, -0.15) is 6.92 Å². The summed E-state index contributed by atoms with van der Waals surface area (Å²) in [7, 11) is 0. The van der Waals surface area contributed by atoms with Crippen LogP contribution in [0.25, 0.3) is 0 Å². The van der Waals surface area contributed by atoms with Crippen LogP contribution in [0.3, 0.4) is 0 Å². The predicted octanol–water partition coefficient (Wildman–Crippen LogP) is 0.583. The molecular weight excluding hydrogens is 949 g/mol. The van der Waals surface area contributed by atoms with Crippen molar-refractivity contribution in [2.24, 2.45) is 0 Å². The van der Waals surface area contributed by atoms with Crippen LogP contribution in [-0.4, -0.2) is 0 Å². The van der Waals surface area contributed by atoms with Gasteiger partial charge in [-0.25, -0.2) is 5.92 Å². The minimum absolute atomic E-state index is 2.12. The maximum absolute atomic E-state index is 4.95. The molecule has 0 heterocycles. The zero-order valence-electron chi connectivity index (χ0n) is 39.8. The van der Waals surface area contributed by atoms with Gasteiger partial charge in [-0.1, -0.05) is 0 Å². The van der Waals surface area contributed by atoms with E-state index in [1.165, 1.54) is 0 Å². The fourth-order valence-corrected chi connectivity index (χ4v) is 2.36. The molecule has 0 aliphatic rings. The molecule has 0 aliphatic heterocycles. The van der Waals surface area contributed by atoms with Crippen molar-refractivity contribution < 1.29 is 0 Å². The van der Waals surface area contributed by atoms with Gasteiger partial charge in [-0.3, -0.25) is 5.92 Å². The molecule has 0 fully saturated rings. The maximum Gasteiger partial charge on any atom is 0 e. The standard InChI is InChI=1S/C79H3/c1-3-5-7-9-11-13-15-17-19-21-23-25-27-29-31-33-35-37-39-41-43-45-47-49-51-53-55-57-59-61-63-65-67-69-71-73-75-77-79-78-76-74-72-70-68-66-64-62-60-58-56-54-52-50-48-46-44-42-40-38-36-34-32-30-28-26-24-22-20-18-16-14-12-10-8-6-4-2/h1H,2H2/q-1. The van der Waals surface area contributed by atoms with E-state index in [2.05, 4.69) is 463 Å². The third-order valence-electron chi connectivity index (χ3n) is 4.79. The van der Waals surface area contributed by atoms with Crippen molar-refractivity contribution in [3.63, 3.8) is 0 Å². The van der Waals surface area contributed by atoms with E-state index in [-0.39, 0.29) is 0 Å². The fourth-order valence-electron chi connectivity index (χ4n) is 2.36. The molecule has 0 bridgehead atoms. The molecule has 0 spiro atoms. The van der Waals surface area contributed by atoms with E-state index in [4.69, 9.17) is 6.42 Å². The van der Waals surface area contributed by atoms with Gasteiger partial charge in [0.2, 0.25) is 0 Å². The first-order valence-electron chi connectivity index (χ1n) is 19.6. The summed E-state index contributed by atoms with van der Waals surface area (Å²) in [4.78, 5) is 0. The maximum atomic E-state index is 4.95. The summed E-state index contributed by atoms with van der Waals surface area (Å²) in [6, 6.07) is 0. The lowest BCUT2D eigenvalue weighted by atomic mass is 10.4. The lowest BCUT2D eigenvalue weighted by molar-refractivity contribution is 2.31. The van der Waals surface area contributed by atoms with Gasteiger partial charge in [0.05, 0.1) is 0 Å². The molecule has 0 aromatic rings. The second-order valence-corrected chi connectivity index (χ2v) is 9.70. The summed E-state index contributed by atoms with van der Waals surface area (Å²) in [5.41, 5.74) is 0. The van der Waals surface area contributed by atoms with Crippen LogP contribution in [0.1, 0.15) is 0 Å². The summed E-state index contributed by atoms with van der Waals surface area (Å²) in [5.74, 6) is 191. The van der Waals surface area contributed by atoms with Crippen LogP contribution in [0.4, 0.5) is 0 Å². The number of rotatable bonds is 0. The van der Waals surface area contributed by atoms with Gasteiger partial charge in [-0.15, -0.1) is 12.3 Å². The minimum atomic E-state index is 2.12. The Morgan fingerprint density at radius 2 is 0.165 bits per heavy atom. The highest BCUT2D eigenvalue weighted by Gasteiger charge is 1.65. The SMILES string of the molecule is C#CC#CC#CC#CC#CC#CC#CC#CC#CC#CC#CC#CC#CC#CC#CC#CC#CC#CC#CC#CC#CC#CC#CC#CC#CC#CC#CC#CC#CC#CC#CC#CC#CC#CC#CC#CC#CC#CC#C[CH2-]. The molecule has 0 saturated carbocycles. The average Bonchev–Trinajstić information content (AvgIpc) is 3.46. The van der Waals surface area contributed by atoms with Crippen molar-refractivity contribution in [1.29, 1.82) is 0 Å². The highest BCUT2D eigenvalue weighted by Crippen LogP contribution is 1.65. The van der Waals surface area contributed by atoms with Gasteiger partial charge >= 0.3 is 0 Å². The first-order chi connectivity index (χ1) is 39.4.